The number of halogens is 2. The van der Waals surface area contributed by atoms with Crippen LogP contribution in [0.25, 0.3) is 0 Å². The second kappa shape index (κ2) is 8.74. The molecule has 0 saturated heterocycles. The summed E-state index contributed by atoms with van der Waals surface area (Å²) in [5.74, 6) is -0.415. The zero-order valence-corrected chi connectivity index (χ0v) is 15.4. The normalized spacial score (nSPS) is 10.2. The van der Waals surface area contributed by atoms with E-state index in [-0.39, 0.29) is 30.7 Å². The highest BCUT2D eigenvalue weighted by molar-refractivity contribution is 6.37. The number of rotatable bonds is 6. The minimum atomic E-state index is -0.366. The van der Waals surface area contributed by atoms with Crippen molar-refractivity contribution in [2.24, 2.45) is 0 Å². The SMILES string of the molecule is Cc1ccc(NC(=O)CN(C)C(=O)COc2c(Cl)cccc2Cl)cc1. The molecule has 0 aliphatic rings. The molecule has 0 bridgehead atoms. The molecule has 1 N–H and O–H groups in total. The summed E-state index contributed by atoms with van der Waals surface area (Å²) in [5.41, 5.74) is 1.77. The molecule has 0 radical (unpaired) electrons. The third-order valence-electron chi connectivity index (χ3n) is 3.40. The van der Waals surface area contributed by atoms with E-state index in [9.17, 15) is 9.59 Å². The molecule has 0 aliphatic heterocycles. The number of ether oxygens (including phenoxy) is 1. The minimum Gasteiger partial charge on any atom is -0.481 e. The molecule has 0 saturated carbocycles. The number of likely N-dealkylation sites (N-methyl/N-ethyl adjacent to an activating group) is 1. The van der Waals surface area contributed by atoms with Gasteiger partial charge in [-0.2, -0.15) is 0 Å². The van der Waals surface area contributed by atoms with Crippen LogP contribution in [-0.4, -0.2) is 36.9 Å². The molecule has 0 aromatic heterocycles. The second-order valence-electron chi connectivity index (χ2n) is 5.50. The van der Waals surface area contributed by atoms with Gasteiger partial charge >= 0.3 is 0 Å². The summed E-state index contributed by atoms with van der Waals surface area (Å²) in [5, 5.41) is 3.37. The molecular weight excluding hydrogens is 363 g/mol. The fourth-order valence-electron chi connectivity index (χ4n) is 2.01. The molecule has 132 valence electrons. The maximum Gasteiger partial charge on any atom is 0.260 e. The fraction of sp³-hybridized carbons (Fsp3) is 0.222. The van der Waals surface area contributed by atoms with E-state index in [2.05, 4.69) is 5.32 Å². The van der Waals surface area contributed by atoms with E-state index in [1.54, 1.807) is 30.3 Å². The molecule has 7 heteroatoms. The van der Waals surface area contributed by atoms with Crippen molar-refractivity contribution in [3.63, 3.8) is 0 Å². The first-order valence-electron chi connectivity index (χ1n) is 7.54. The Kier molecular flexibility index (Phi) is 6.67. The molecule has 5 nitrogen and oxygen atoms in total. The van der Waals surface area contributed by atoms with Crippen molar-refractivity contribution < 1.29 is 14.3 Å². The van der Waals surface area contributed by atoms with Crippen LogP contribution in [0, 0.1) is 6.92 Å². The molecule has 0 atom stereocenters. The van der Waals surface area contributed by atoms with Gasteiger partial charge in [0.2, 0.25) is 5.91 Å². The van der Waals surface area contributed by atoms with Gasteiger partial charge in [0.15, 0.2) is 12.4 Å². The van der Waals surface area contributed by atoms with E-state index in [4.69, 9.17) is 27.9 Å². The summed E-state index contributed by atoms with van der Waals surface area (Å²) in [4.78, 5) is 25.4. The first-order chi connectivity index (χ1) is 11.9. The van der Waals surface area contributed by atoms with Crippen LogP contribution in [0.15, 0.2) is 42.5 Å². The van der Waals surface area contributed by atoms with E-state index >= 15 is 0 Å². The summed E-state index contributed by atoms with van der Waals surface area (Å²) in [6.45, 7) is 1.60. The van der Waals surface area contributed by atoms with Crippen molar-refractivity contribution >= 4 is 40.7 Å². The van der Waals surface area contributed by atoms with Crippen LogP contribution >= 0.6 is 23.2 Å². The standard InChI is InChI=1S/C18H18Cl2N2O3/c1-12-6-8-13(9-7-12)21-16(23)10-22(2)17(24)11-25-18-14(19)4-3-5-15(18)20/h3-9H,10-11H2,1-2H3,(H,21,23). The van der Waals surface area contributed by atoms with E-state index in [1.165, 1.54) is 11.9 Å². The third-order valence-corrected chi connectivity index (χ3v) is 4.00. The first-order valence-corrected chi connectivity index (χ1v) is 8.29. The van der Waals surface area contributed by atoms with Crippen LogP contribution in [0.5, 0.6) is 5.75 Å². The molecule has 0 aliphatic carbocycles. The molecule has 0 heterocycles. The average Bonchev–Trinajstić information content (AvgIpc) is 2.56. The molecule has 0 spiro atoms. The van der Waals surface area contributed by atoms with Crippen LogP contribution in [0.1, 0.15) is 5.56 Å². The number of carbonyl (C=O) groups is 2. The highest BCUT2D eigenvalue weighted by Gasteiger charge is 2.15. The van der Waals surface area contributed by atoms with Gasteiger partial charge < -0.3 is 15.0 Å². The molecule has 25 heavy (non-hydrogen) atoms. The van der Waals surface area contributed by atoms with Crippen LogP contribution in [-0.2, 0) is 9.59 Å². The minimum absolute atomic E-state index is 0.0909. The van der Waals surface area contributed by atoms with Gasteiger partial charge in [0.25, 0.3) is 5.91 Å². The molecule has 2 rings (SSSR count). The Hall–Kier alpha value is -2.24. The smallest absolute Gasteiger partial charge is 0.260 e. The van der Waals surface area contributed by atoms with Gasteiger partial charge in [-0.05, 0) is 31.2 Å². The zero-order valence-electron chi connectivity index (χ0n) is 13.9. The van der Waals surface area contributed by atoms with Crippen molar-refractivity contribution in [3.05, 3.63) is 58.1 Å². The second-order valence-corrected chi connectivity index (χ2v) is 6.32. The van der Waals surface area contributed by atoms with E-state index in [1.807, 2.05) is 19.1 Å². The summed E-state index contributed by atoms with van der Waals surface area (Å²) in [6, 6.07) is 12.3. The Morgan fingerprint density at radius 2 is 1.68 bits per heavy atom. The Morgan fingerprint density at radius 3 is 2.28 bits per heavy atom. The lowest BCUT2D eigenvalue weighted by molar-refractivity contribution is -0.135. The topological polar surface area (TPSA) is 58.6 Å². The number of nitrogens with zero attached hydrogens (tertiary/aromatic N) is 1. The van der Waals surface area contributed by atoms with Crippen molar-refractivity contribution in [1.29, 1.82) is 0 Å². The first kappa shape index (κ1) is 19.1. The summed E-state index contributed by atoms with van der Waals surface area (Å²) in [7, 11) is 1.52. The van der Waals surface area contributed by atoms with Crippen LogP contribution in [0.2, 0.25) is 10.0 Å². The Labute approximate surface area is 156 Å². The van der Waals surface area contributed by atoms with Gasteiger partial charge in [0.05, 0.1) is 16.6 Å². The summed E-state index contributed by atoms with van der Waals surface area (Å²) < 4.78 is 5.38. The maximum absolute atomic E-state index is 12.1. The van der Waals surface area contributed by atoms with Gasteiger partial charge in [0.1, 0.15) is 0 Å². The Balaban J connectivity index is 1.85. The number of carbonyl (C=O) groups excluding carboxylic acids is 2. The van der Waals surface area contributed by atoms with Gasteiger partial charge in [-0.25, -0.2) is 0 Å². The molecule has 2 aromatic carbocycles. The summed E-state index contributed by atoms with van der Waals surface area (Å²) in [6.07, 6.45) is 0. The molecule has 2 aromatic rings. The molecular formula is C18H18Cl2N2O3. The largest absolute Gasteiger partial charge is 0.481 e. The van der Waals surface area contributed by atoms with Gasteiger partial charge in [-0.1, -0.05) is 47.0 Å². The van der Waals surface area contributed by atoms with E-state index in [0.717, 1.165) is 5.56 Å². The quantitative estimate of drug-likeness (QED) is 0.829. The van der Waals surface area contributed by atoms with Crippen LogP contribution in [0.4, 0.5) is 5.69 Å². The average molecular weight is 381 g/mol. The highest BCUT2D eigenvalue weighted by Crippen LogP contribution is 2.32. The molecule has 0 unspecified atom stereocenters. The molecule has 2 amide bonds. The Morgan fingerprint density at radius 1 is 1.08 bits per heavy atom. The maximum atomic E-state index is 12.1. The highest BCUT2D eigenvalue weighted by atomic mass is 35.5. The van der Waals surface area contributed by atoms with Crippen LogP contribution < -0.4 is 10.1 Å². The summed E-state index contributed by atoms with van der Waals surface area (Å²) >= 11 is 12.0. The fourth-order valence-corrected chi connectivity index (χ4v) is 2.51. The van der Waals surface area contributed by atoms with Crippen molar-refractivity contribution in [2.75, 3.05) is 25.5 Å². The van der Waals surface area contributed by atoms with Gasteiger partial charge in [-0.3, -0.25) is 9.59 Å². The Bertz CT molecular complexity index is 743. The number of nitrogens with one attached hydrogen (secondary N) is 1. The number of aryl methyl sites for hydroxylation is 1. The number of anilines is 1. The van der Waals surface area contributed by atoms with Gasteiger partial charge in [-0.15, -0.1) is 0 Å². The predicted molar refractivity (Wildman–Crippen MR) is 99.4 cm³/mol. The van der Waals surface area contributed by atoms with Crippen molar-refractivity contribution in [3.8, 4) is 5.75 Å². The lowest BCUT2D eigenvalue weighted by Gasteiger charge is -2.17. The van der Waals surface area contributed by atoms with Crippen molar-refractivity contribution in [2.45, 2.75) is 6.92 Å². The monoisotopic (exact) mass is 380 g/mol. The predicted octanol–water partition coefficient (Wildman–Crippen LogP) is 3.78. The number of hydrogen-bond acceptors (Lipinski definition) is 3. The van der Waals surface area contributed by atoms with E-state index in [0.29, 0.717) is 15.7 Å². The lowest BCUT2D eigenvalue weighted by atomic mass is 10.2. The lowest BCUT2D eigenvalue weighted by Crippen LogP contribution is -2.37. The number of hydrogen-bond donors (Lipinski definition) is 1. The van der Waals surface area contributed by atoms with Crippen LogP contribution in [0.3, 0.4) is 0 Å². The number of benzene rings is 2. The molecule has 0 fully saturated rings. The van der Waals surface area contributed by atoms with Crippen molar-refractivity contribution in [1.82, 2.24) is 4.90 Å². The number of para-hydroxylation sites is 1. The zero-order chi connectivity index (χ0) is 18.4. The number of amides is 2. The van der Waals surface area contributed by atoms with Gasteiger partial charge in [0, 0.05) is 12.7 Å². The third kappa shape index (κ3) is 5.66. The van der Waals surface area contributed by atoms with E-state index < -0.39 is 0 Å².